The second-order valence-electron chi connectivity index (χ2n) is 6.89. The first-order valence-electron chi connectivity index (χ1n) is 9.77. The lowest BCUT2D eigenvalue weighted by Gasteiger charge is -2.18. The fourth-order valence-corrected chi connectivity index (χ4v) is 7.01. The van der Waals surface area contributed by atoms with E-state index in [2.05, 4.69) is 38.1 Å². The van der Waals surface area contributed by atoms with Gasteiger partial charge in [-0.05, 0) is 30.5 Å². The van der Waals surface area contributed by atoms with Gasteiger partial charge >= 0.3 is 0 Å². The van der Waals surface area contributed by atoms with Crippen LogP contribution in [0.2, 0.25) is 0 Å². The van der Waals surface area contributed by atoms with Crippen LogP contribution in [-0.4, -0.2) is 5.75 Å². The average molecular weight is 407 g/mol. The van der Waals surface area contributed by atoms with Crippen LogP contribution in [0, 0.1) is 6.92 Å². The Morgan fingerprint density at radius 1 is 0.857 bits per heavy atom. The predicted molar refractivity (Wildman–Crippen MR) is 126 cm³/mol. The summed E-state index contributed by atoms with van der Waals surface area (Å²) in [5.74, 6) is 3.06. The number of rotatable bonds is 8. The van der Waals surface area contributed by atoms with Crippen molar-refractivity contribution in [2.45, 2.75) is 26.7 Å². The molecule has 0 atom stereocenters. The smallest absolute Gasteiger partial charge is 0.165 e. The first kappa shape index (κ1) is 20.7. The first-order valence-corrected chi connectivity index (χ1v) is 12.5. The molecule has 0 fully saturated rings. The van der Waals surface area contributed by atoms with Crippen molar-refractivity contribution in [2.24, 2.45) is 0 Å². The molecule has 0 amide bonds. The molecule has 0 bridgehead atoms. The third kappa shape index (κ3) is 5.07. The zero-order valence-electron chi connectivity index (χ0n) is 16.5. The van der Waals surface area contributed by atoms with E-state index in [1.165, 1.54) is 5.56 Å². The van der Waals surface area contributed by atoms with Crippen LogP contribution in [0.25, 0.3) is 4.91 Å². The normalized spacial score (nSPS) is 12.1. The van der Waals surface area contributed by atoms with Gasteiger partial charge in [-0.1, -0.05) is 104 Å². The molecule has 0 aliphatic heterocycles. The Bertz CT molecular complexity index is 903. The summed E-state index contributed by atoms with van der Waals surface area (Å²) in [4.78, 5) is 1.10. The summed E-state index contributed by atoms with van der Waals surface area (Å²) in [6.07, 6.45) is 2.30. The molecule has 0 spiro atoms. The predicted octanol–water partition coefficient (Wildman–Crippen LogP) is 6.84. The second-order valence-corrected chi connectivity index (χ2v) is 10.6. The van der Waals surface area contributed by atoms with E-state index in [0.717, 1.165) is 39.7 Å². The second kappa shape index (κ2) is 9.96. The largest absolute Gasteiger partial charge is 0.309 e. The molecular weight excluding hydrogens is 379 g/mol. The van der Waals surface area contributed by atoms with Gasteiger partial charge in [0.25, 0.3) is 0 Å². The van der Waals surface area contributed by atoms with Crippen LogP contribution in [-0.2, 0) is 4.57 Å². The van der Waals surface area contributed by atoms with Gasteiger partial charge in [-0.15, -0.1) is 11.8 Å². The molecule has 0 unspecified atom stereocenters. The van der Waals surface area contributed by atoms with Crippen molar-refractivity contribution in [3.63, 3.8) is 0 Å². The van der Waals surface area contributed by atoms with Crippen LogP contribution < -0.4 is 10.6 Å². The minimum Gasteiger partial charge on any atom is -0.309 e. The molecule has 28 heavy (non-hydrogen) atoms. The minimum absolute atomic E-state index is 0.877. The van der Waals surface area contributed by atoms with Gasteiger partial charge in [-0.2, -0.15) is 0 Å². The van der Waals surface area contributed by atoms with Crippen molar-refractivity contribution in [1.29, 1.82) is 0 Å². The molecule has 1 nitrogen and oxygen atoms in total. The minimum atomic E-state index is -2.89. The highest BCUT2D eigenvalue weighted by atomic mass is 32.2. The highest BCUT2D eigenvalue weighted by molar-refractivity contribution is 8.08. The van der Waals surface area contributed by atoms with E-state index in [-0.39, 0.29) is 0 Å². The average Bonchev–Trinajstić information content (AvgIpc) is 2.75. The zero-order chi connectivity index (χ0) is 19.8. The van der Waals surface area contributed by atoms with Crippen molar-refractivity contribution < 1.29 is 4.57 Å². The quantitative estimate of drug-likeness (QED) is 0.301. The van der Waals surface area contributed by atoms with Gasteiger partial charge in [0.05, 0.1) is 0 Å². The van der Waals surface area contributed by atoms with E-state index in [0.29, 0.717) is 0 Å². The summed E-state index contributed by atoms with van der Waals surface area (Å²) in [5.41, 5.74) is 2.37. The monoisotopic (exact) mass is 406 g/mol. The third-order valence-electron chi connectivity index (χ3n) is 4.67. The van der Waals surface area contributed by atoms with E-state index in [9.17, 15) is 4.57 Å². The molecule has 3 aromatic rings. The number of unbranched alkanes of at least 4 members (excludes halogenated alkanes) is 1. The summed E-state index contributed by atoms with van der Waals surface area (Å²) in [6.45, 7) is 4.30. The zero-order valence-corrected chi connectivity index (χ0v) is 18.3. The molecule has 0 radical (unpaired) electrons. The summed E-state index contributed by atoms with van der Waals surface area (Å²) in [5, 5.41) is 1.75. The van der Waals surface area contributed by atoms with Gasteiger partial charge in [-0.25, -0.2) is 0 Å². The fourth-order valence-electron chi connectivity index (χ4n) is 3.00. The number of hydrogen-bond donors (Lipinski definition) is 0. The van der Waals surface area contributed by atoms with Gasteiger partial charge in [0.2, 0.25) is 0 Å². The van der Waals surface area contributed by atoms with Crippen LogP contribution in [0.4, 0.5) is 0 Å². The van der Waals surface area contributed by atoms with Crippen molar-refractivity contribution in [2.75, 3.05) is 5.75 Å². The molecule has 0 saturated heterocycles. The Morgan fingerprint density at radius 2 is 1.39 bits per heavy atom. The molecule has 144 valence electrons. The lowest BCUT2D eigenvalue weighted by atomic mass is 10.1. The number of thioether (sulfide) groups is 1. The highest BCUT2D eigenvalue weighted by Crippen LogP contribution is 2.49. The Balaban J connectivity index is 2.13. The molecule has 3 aromatic carbocycles. The maximum Gasteiger partial charge on any atom is 0.165 e. The molecule has 0 saturated carbocycles. The molecule has 0 aliphatic carbocycles. The van der Waals surface area contributed by atoms with Gasteiger partial charge < -0.3 is 4.57 Å². The molecule has 0 heterocycles. The highest BCUT2D eigenvalue weighted by Gasteiger charge is 2.25. The van der Waals surface area contributed by atoms with Crippen molar-refractivity contribution in [3.05, 3.63) is 102 Å². The van der Waals surface area contributed by atoms with Crippen LogP contribution in [0.15, 0.2) is 90.7 Å². The van der Waals surface area contributed by atoms with Crippen LogP contribution in [0.1, 0.15) is 30.9 Å². The maximum atomic E-state index is 14.4. The van der Waals surface area contributed by atoms with E-state index in [1.54, 1.807) is 0 Å². The summed E-state index contributed by atoms with van der Waals surface area (Å²) < 4.78 is 14.4. The summed E-state index contributed by atoms with van der Waals surface area (Å²) in [7, 11) is -2.89. The Hall–Kier alpha value is -2.02. The standard InChI is InChI=1S/C25H27OPS/c1-3-4-19-28-25(22-17-15-21(2)16-18-22)20-27(26,23-11-7-5-8-12-23)24-13-9-6-10-14-24/h5-18,20H,3-4,19H2,1-2H3/b25-20-. The van der Waals surface area contributed by atoms with E-state index in [4.69, 9.17) is 0 Å². The fraction of sp³-hybridized carbons (Fsp3) is 0.200. The van der Waals surface area contributed by atoms with Gasteiger partial charge in [0.1, 0.15) is 0 Å². The van der Waals surface area contributed by atoms with Crippen molar-refractivity contribution >= 4 is 34.4 Å². The van der Waals surface area contributed by atoms with Gasteiger partial charge in [-0.3, -0.25) is 0 Å². The van der Waals surface area contributed by atoms with Crippen LogP contribution >= 0.6 is 18.9 Å². The molecule has 3 heteroatoms. The topological polar surface area (TPSA) is 17.1 Å². The Labute approximate surface area is 173 Å². The Morgan fingerprint density at radius 3 is 1.89 bits per heavy atom. The van der Waals surface area contributed by atoms with Crippen LogP contribution in [0.3, 0.4) is 0 Å². The molecule has 3 rings (SSSR count). The van der Waals surface area contributed by atoms with Crippen molar-refractivity contribution in [1.82, 2.24) is 0 Å². The lowest BCUT2D eigenvalue weighted by molar-refractivity contribution is 0.592. The first-order chi connectivity index (χ1) is 13.6. The lowest BCUT2D eigenvalue weighted by Crippen LogP contribution is -2.14. The van der Waals surface area contributed by atoms with Gasteiger partial charge in [0, 0.05) is 15.5 Å². The number of aryl methyl sites for hydroxylation is 1. The number of benzene rings is 3. The summed E-state index contributed by atoms with van der Waals surface area (Å²) >= 11 is 1.81. The van der Waals surface area contributed by atoms with Crippen LogP contribution in [0.5, 0.6) is 0 Å². The Kier molecular flexibility index (Phi) is 7.36. The summed E-state index contributed by atoms with van der Waals surface area (Å²) in [6, 6.07) is 28.3. The molecular formula is C25H27OPS. The molecule has 0 aromatic heterocycles. The van der Waals surface area contributed by atoms with Gasteiger partial charge in [0.15, 0.2) is 7.14 Å². The van der Waals surface area contributed by atoms with E-state index < -0.39 is 7.14 Å². The van der Waals surface area contributed by atoms with E-state index in [1.807, 2.05) is 78.2 Å². The SMILES string of the molecule is CCCCS/C(=C\P(=O)(c1ccccc1)c1ccccc1)c1ccc(C)cc1. The third-order valence-corrected chi connectivity index (χ3v) is 8.75. The van der Waals surface area contributed by atoms with Crippen molar-refractivity contribution in [3.8, 4) is 0 Å². The maximum absolute atomic E-state index is 14.4. The molecule has 0 N–H and O–H groups in total. The van der Waals surface area contributed by atoms with E-state index >= 15 is 0 Å². The number of hydrogen-bond acceptors (Lipinski definition) is 2. The molecule has 0 aliphatic rings.